The van der Waals surface area contributed by atoms with Gasteiger partial charge in [-0.1, -0.05) is 24.4 Å². The van der Waals surface area contributed by atoms with Gasteiger partial charge in [0.25, 0.3) is 0 Å². The van der Waals surface area contributed by atoms with Crippen LogP contribution in [0, 0.1) is 5.41 Å². The highest BCUT2D eigenvalue weighted by Gasteiger charge is 2.42. The Bertz CT molecular complexity index is 767. The molecule has 30 heavy (non-hydrogen) atoms. The molecule has 0 radical (unpaired) electrons. The predicted molar refractivity (Wildman–Crippen MR) is 130 cm³/mol. The van der Waals surface area contributed by atoms with Gasteiger partial charge in [0.15, 0.2) is 17.5 Å². The van der Waals surface area contributed by atoms with Crippen LogP contribution in [0.2, 0.25) is 5.02 Å². The number of hydrogen-bond acceptors (Lipinski definition) is 4. The van der Waals surface area contributed by atoms with Crippen molar-refractivity contribution >= 4 is 47.4 Å². The molecule has 0 bridgehead atoms. The van der Waals surface area contributed by atoms with Crippen LogP contribution in [0.4, 0.5) is 0 Å². The van der Waals surface area contributed by atoms with Crippen LogP contribution in [-0.2, 0) is 11.3 Å². The van der Waals surface area contributed by atoms with Crippen LogP contribution in [0.5, 0.6) is 11.5 Å². The number of rotatable bonds is 6. The van der Waals surface area contributed by atoms with Crippen LogP contribution in [0.25, 0.3) is 0 Å². The number of nitrogens with zero attached hydrogens (tertiary/aromatic N) is 2. The Morgan fingerprint density at radius 2 is 1.90 bits per heavy atom. The lowest BCUT2D eigenvalue weighted by atomic mass is 9.84. The van der Waals surface area contributed by atoms with Crippen LogP contribution in [0.1, 0.15) is 38.2 Å². The van der Waals surface area contributed by atoms with Crippen molar-refractivity contribution in [2.45, 2.75) is 39.2 Å². The number of amides is 1. The first-order valence-corrected chi connectivity index (χ1v) is 10.6. The quantitative estimate of drug-likeness (QED) is 0.323. The summed E-state index contributed by atoms with van der Waals surface area (Å²) in [6.45, 7) is 4.81. The van der Waals surface area contributed by atoms with E-state index in [2.05, 4.69) is 15.6 Å². The first-order chi connectivity index (χ1) is 13.9. The molecule has 0 spiro atoms. The molecule has 1 amide bonds. The number of carbonyl (C=O) groups excluding carboxylic acids is 1. The molecule has 0 atom stereocenters. The number of guanidine groups is 1. The van der Waals surface area contributed by atoms with Crippen molar-refractivity contribution in [3.63, 3.8) is 0 Å². The van der Waals surface area contributed by atoms with Gasteiger partial charge >= 0.3 is 0 Å². The third-order valence-corrected chi connectivity index (χ3v) is 5.72. The van der Waals surface area contributed by atoms with Crippen LogP contribution in [-0.4, -0.2) is 57.2 Å². The molecular formula is C21H32ClIN4O3. The molecule has 1 fully saturated rings. The monoisotopic (exact) mass is 550 g/mol. The first kappa shape index (κ1) is 24.8. The van der Waals surface area contributed by atoms with Crippen LogP contribution < -0.4 is 20.1 Å². The van der Waals surface area contributed by atoms with Gasteiger partial charge in [0.05, 0.1) is 17.0 Å². The fraction of sp³-hybridized carbons (Fsp3) is 0.619. The van der Waals surface area contributed by atoms with Gasteiger partial charge in [-0.05, 0) is 37.5 Å². The molecule has 0 saturated heterocycles. The number of benzene rings is 1. The molecule has 1 aromatic rings. The molecule has 1 aliphatic carbocycles. The molecule has 0 aromatic heterocycles. The molecule has 0 unspecified atom stereocenters. The second kappa shape index (κ2) is 11.3. The third-order valence-electron chi connectivity index (χ3n) is 5.44. The Balaban J connectivity index is 0.00000320. The van der Waals surface area contributed by atoms with E-state index in [-0.39, 0.29) is 35.3 Å². The number of carbonyl (C=O) groups is 1. The van der Waals surface area contributed by atoms with Gasteiger partial charge in [-0.15, -0.1) is 24.0 Å². The topological polar surface area (TPSA) is 75.2 Å². The lowest BCUT2D eigenvalue weighted by Crippen LogP contribution is -2.49. The van der Waals surface area contributed by atoms with E-state index in [1.54, 1.807) is 4.90 Å². The summed E-state index contributed by atoms with van der Waals surface area (Å²) < 4.78 is 11.2. The summed E-state index contributed by atoms with van der Waals surface area (Å²) in [4.78, 5) is 19.2. The normalized spacial score (nSPS) is 17.1. The zero-order valence-corrected chi connectivity index (χ0v) is 21.0. The van der Waals surface area contributed by atoms with Gasteiger partial charge in [0.2, 0.25) is 5.91 Å². The molecule has 2 aliphatic rings. The number of hydrogen-bond donors (Lipinski definition) is 2. The summed E-state index contributed by atoms with van der Waals surface area (Å²) in [6, 6.07) is 3.78. The largest absolute Gasteiger partial charge is 0.486 e. The van der Waals surface area contributed by atoms with Crippen molar-refractivity contribution in [1.29, 1.82) is 0 Å². The van der Waals surface area contributed by atoms with Gasteiger partial charge in [0.1, 0.15) is 13.2 Å². The highest BCUT2D eigenvalue weighted by molar-refractivity contribution is 14.0. The maximum atomic E-state index is 12.8. The second-order valence-corrected chi connectivity index (χ2v) is 8.24. The molecule has 1 saturated carbocycles. The fourth-order valence-corrected chi connectivity index (χ4v) is 4.30. The number of halogens is 2. The first-order valence-electron chi connectivity index (χ1n) is 10.3. The van der Waals surface area contributed by atoms with Crippen molar-refractivity contribution in [3.8, 4) is 11.5 Å². The lowest BCUT2D eigenvalue weighted by molar-refractivity contribution is -0.138. The molecule has 1 aromatic carbocycles. The van der Waals surface area contributed by atoms with E-state index in [4.69, 9.17) is 21.1 Å². The van der Waals surface area contributed by atoms with E-state index in [0.717, 1.165) is 37.8 Å². The lowest BCUT2D eigenvalue weighted by Gasteiger charge is -2.31. The zero-order valence-electron chi connectivity index (χ0n) is 17.9. The van der Waals surface area contributed by atoms with Crippen molar-refractivity contribution in [2.24, 2.45) is 10.4 Å². The van der Waals surface area contributed by atoms with Gasteiger partial charge in [-0.2, -0.15) is 0 Å². The van der Waals surface area contributed by atoms with E-state index in [1.165, 1.54) is 0 Å². The molecule has 1 aliphatic heterocycles. The summed E-state index contributed by atoms with van der Waals surface area (Å²) in [5.41, 5.74) is 0.594. The Kier molecular flexibility index (Phi) is 9.33. The molecular weight excluding hydrogens is 519 g/mol. The zero-order chi connectivity index (χ0) is 20.9. The molecule has 2 N–H and O–H groups in total. The van der Waals surface area contributed by atoms with Gasteiger partial charge < -0.3 is 25.0 Å². The van der Waals surface area contributed by atoms with Gasteiger partial charge in [0, 0.05) is 27.2 Å². The number of ether oxygens (including phenoxy) is 2. The minimum Gasteiger partial charge on any atom is -0.486 e. The summed E-state index contributed by atoms with van der Waals surface area (Å²) in [7, 11) is 3.65. The summed E-state index contributed by atoms with van der Waals surface area (Å²) in [5.74, 6) is 2.14. The Morgan fingerprint density at radius 3 is 2.57 bits per heavy atom. The Labute approximate surface area is 200 Å². The third kappa shape index (κ3) is 5.84. The Morgan fingerprint density at radius 1 is 1.20 bits per heavy atom. The minimum absolute atomic E-state index is 0. The molecule has 9 heteroatoms. The van der Waals surface area contributed by atoms with E-state index in [0.29, 0.717) is 48.8 Å². The molecule has 168 valence electrons. The summed E-state index contributed by atoms with van der Waals surface area (Å²) >= 11 is 6.33. The van der Waals surface area contributed by atoms with E-state index in [9.17, 15) is 4.79 Å². The highest BCUT2D eigenvalue weighted by Crippen LogP contribution is 2.39. The minimum atomic E-state index is -0.347. The molecule has 3 rings (SSSR count). The van der Waals surface area contributed by atoms with E-state index in [1.807, 2.05) is 33.2 Å². The Hall–Kier alpha value is -1.42. The summed E-state index contributed by atoms with van der Waals surface area (Å²) in [6.07, 6.45) is 4.00. The SMILES string of the molecule is CCNC(=NCc1cc(Cl)c2c(c1)OCCO2)NCC1(C(=O)N(C)C)CCCC1.I. The molecule has 7 nitrogen and oxygen atoms in total. The second-order valence-electron chi connectivity index (χ2n) is 7.84. The van der Waals surface area contributed by atoms with Crippen LogP contribution in [0.15, 0.2) is 17.1 Å². The number of aliphatic imine (C=N–C) groups is 1. The van der Waals surface area contributed by atoms with Crippen LogP contribution in [0.3, 0.4) is 0 Å². The van der Waals surface area contributed by atoms with Crippen LogP contribution >= 0.6 is 35.6 Å². The average molecular weight is 551 g/mol. The van der Waals surface area contributed by atoms with Gasteiger partial charge in [-0.3, -0.25) is 4.79 Å². The van der Waals surface area contributed by atoms with E-state index >= 15 is 0 Å². The summed E-state index contributed by atoms with van der Waals surface area (Å²) in [5, 5.41) is 7.19. The van der Waals surface area contributed by atoms with Crippen molar-refractivity contribution in [3.05, 3.63) is 22.7 Å². The van der Waals surface area contributed by atoms with Crippen molar-refractivity contribution in [2.75, 3.05) is 40.4 Å². The predicted octanol–water partition coefficient (Wildman–Crippen LogP) is 3.43. The van der Waals surface area contributed by atoms with Crippen molar-refractivity contribution in [1.82, 2.24) is 15.5 Å². The molecule has 1 heterocycles. The number of nitrogens with one attached hydrogen (secondary N) is 2. The smallest absolute Gasteiger partial charge is 0.230 e. The van der Waals surface area contributed by atoms with E-state index < -0.39 is 0 Å². The number of fused-ring (bicyclic) bond motifs is 1. The fourth-order valence-electron chi connectivity index (χ4n) is 4.01. The average Bonchev–Trinajstić information content (AvgIpc) is 3.19. The maximum absolute atomic E-state index is 12.8. The van der Waals surface area contributed by atoms with Gasteiger partial charge in [-0.25, -0.2) is 4.99 Å². The highest BCUT2D eigenvalue weighted by atomic mass is 127. The van der Waals surface area contributed by atoms with Crippen molar-refractivity contribution < 1.29 is 14.3 Å². The standard InChI is InChI=1S/C21H31ClN4O3.HI/c1-4-23-20(25-14-21(7-5-6-8-21)19(27)26(2)3)24-13-15-11-16(22)18-17(12-15)28-9-10-29-18;/h11-12H,4-10,13-14H2,1-3H3,(H2,23,24,25);1H. The maximum Gasteiger partial charge on any atom is 0.230 e.